The molecule has 0 bridgehead atoms. The van der Waals surface area contributed by atoms with Gasteiger partial charge in [0.05, 0.1) is 0 Å². The number of carbonyl (C=O) groups is 1. The minimum Gasteiger partial charge on any atom is -0.368 e. The van der Waals surface area contributed by atoms with E-state index in [1.54, 1.807) is 12.1 Å². The molecular weight excluding hydrogens is 417 g/mol. The predicted molar refractivity (Wildman–Crippen MR) is 110 cm³/mol. The van der Waals surface area contributed by atoms with Gasteiger partial charge in [0.2, 0.25) is 11.7 Å². The lowest BCUT2D eigenvalue weighted by Crippen LogP contribution is -2.47. The highest BCUT2D eigenvalue weighted by atomic mass is 19.2. The molecule has 168 valence electrons. The van der Waals surface area contributed by atoms with E-state index in [0.29, 0.717) is 25.2 Å². The quantitative estimate of drug-likeness (QED) is 0.277. The van der Waals surface area contributed by atoms with E-state index in [1.807, 2.05) is 17.0 Å². The van der Waals surface area contributed by atoms with Crippen molar-refractivity contribution < 1.29 is 26.7 Å². The Labute approximate surface area is 177 Å². The molecule has 0 atom stereocenters. The highest BCUT2D eigenvalue weighted by Crippen LogP contribution is 2.31. The molecule has 0 spiro atoms. The van der Waals surface area contributed by atoms with Gasteiger partial charge in [0.25, 0.3) is 0 Å². The van der Waals surface area contributed by atoms with Crippen molar-refractivity contribution in [2.75, 3.05) is 41.3 Å². The van der Waals surface area contributed by atoms with Crippen LogP contribution in [0.3, 0.4) is 0 Å². The number of unbranched alkanes of at least 4 members (excludes halogenated alkanes) is 2. The molecular formula is C22H24F5N3O. The van der Waals surface area contributed by atoms with Crippen molar-refractivity contribution in [2.45, 2.75) is 32.6 Å². The lowest BCUT2D eigenvalue weighted by Gasteiger charge is -2.37. The first kappa shape index (κ1) is 22.8. The van der Waals surface area contributed by atoms with Crippen LogP contribution in [-0.4, -0.2) is 32.1 Å². The van der Waals surface area contributed by atoms with Gasteiger partial charge in [-0.25, -0.2) is 22.0 Å². The van der Waals surface area contributed by atoms with Gasteiger partial charge >= 0.3 is 0 Å². The van der Waals surface area contributed by atoms with E-state index in [-0.39, 0.29) is 19.0 Å². The van der Waals surface area contributed by atoms with E-state index in [4.69, 9.17) is 0 Å². The van der Waals surface area contributed by atoms with Gasteiger partial charge in [-0.1, -0.05) is 19.8 Å². The molecule has 1 aliphatic heterocycles. The predicted octanol–water partition coefficient (Wildman–Crippen LogP) is 5.23. The Kier molecular flexibility index (Phi) is 7.35. The molecule has 1 fully saturated rings. The van der Waals surface area contributed by atoms with Crippen LogP contribution in [0.25, 0.3) is 0 Å². The van der Waals surface area contributed by atoms with E-state index in [9.17, 15) is 26.7 Å². The molecule has 31 heavy (non-hydrogen) atoms. The van der Waals surface area contributed by atoms with Crippen molar-refractivity contribution in [1.29, 1.82) is 0 Å². The van der Waals surface area contributed by atoms with Gasteiger partial charge in [0.1, 0.15) is 5.69 Å². The fourth-order valence-electron chi connectivity index (χ4n) is 3.57. The highest BCUT2D eigenvalue weighted by molar-refractivity contribution is 5.90. The molecule has 0 unspecified atom stereocenters. The summed E-state index contributed by atoms with van der Waals surface area (Å²) in [5.74, 6) is -9.72. The van der Waals surface area contributed by atoms with Crippen molar-refractivity contribution in [3.05, 3.63) is 53.4 Å². The van der Waals surface area contributed by atoms with Gasteiger partial charge < -0.3 is 15.1 Å². The van der Waals surface area contributed by atoms with Crippen molar-refractivity contribution >= 4 is 23.0 Å². The Balaban J connectivity index is 1.61. The zero-order chi connectivity index (χ0) is 22.5. The molecule has 1 N–H and O–H groups in total. The highest BCUT2D eigenvalue weighted by Gasteiger charge is 2.30. The van der Waals surface area contributed by atoms with Crippen LogP contribution < -0.4 is 15.1 Å². The third kappa shape index (κ3) is 5.08. The summed E-state index contributed by atoms with van der Waals surface area (Å²) in [5, 5.41) is 2.84. The average Bonchev–Trinajstić information content (AvgIpc) is 2.78. The molecule has 0 aromatic heterocycles. The number of piperazine rings is 1. The second-order valence-corrected chi connectivity index (χ2v) is 7.44. The standard InChI is InChI=1S/C22H24F5N3O/c1-2-3-4-5-16(31)28-14-6-8-15(9-7-14)29-10-12-30(13-11-29)22-20(26)18(24)17(23)19(25)21(22)27/h6-9H,2-5,10-13H2,1H3,(H,28,31). The molecule has 2 aromatic rings. The van der Waals surface area contributed by atoms with Gasteiger partial charge in [0.15, 0.2) is 23.3 Å². The molecule has 1 saturated heterocycles. The maximum Gasteiger partial charge on any atom is 0.224 e. The summed E-state index contributed by atoms with van der Waals surface area (Å²) in [5.41, 5.74) is 0.614. The first-order valence-corrected chi connectivity index (χ1v) is 10.2. The minimum absolute atomic E-state index is 0.0439. The molecule has 0 saturated carbocycles. The van der Waals surface area contributed by atoms with E-state index in [1.165, 1.54) is 0 Å². The fraction of sp³-hybridized carbons (Fsp3) is 0.409. The topological polar surface area (TPSA) is 35.6 Å². The number of nitrogens with one attached hydrogen (secondary N) is 1. The van der Waals surface area contributed by atoms with Crippen LogP contribution in [0, 0.1) is 29.1 Å². The number of anilines is 3. The first-order valence-electron chi connectivity index (χ1n) is 10.2. The Bertz CT molecular complexity index is 899. The third-order valence-corrected chi connectivity index (χ3v) is 5.31. The van der Waals surface area contributed by atoms with Crippen LogP contribution >= 0.6 is 0 Å². The van der Waals surface area contributed by atoms with Crippen LogP contribution in [0.15, 0.2) is 24.3 Å². The number of carbonyl (C=O) groups excluding carboxylic acids is 1. The Hall–Kier alpha value is -2.84. The van der Waals surface area contributed by atoms with Gasteiger partial charge in [0, 0.05) is 44.0 Å². The number of nitrogens with zero attached hydrogens (tertiary/aromatic N) is 2. The molecule has 1 amide bonds. The molecule has 9 heteroatoms. The SMILES string of the molecule is CCCCCC(=O)Nc1ccc(N2CCN(c3c(F)c(F)c(F)c(F)c3F)CC2)cc1. The number of amides is 1. The molecule has 1 heterocycles. The first-order chi connectivity index (χ1) is 14.8. The summed E-state index contributed by atoms with van der Waals surface area (Å²) >= 11 is 0. The Morgan fingerprint density at radius 2 is 1.32 bits per heavy atom. The van der Waals surface area contributed by atoms with Gasteiger partial charge in [-0.2, -0.15) is 0 Å². The number of rotatable bonds is 7. The monoisotopic (exact) mass is 441 g/mol. The van der Waals surface area contributed by atoms with Crippen LogP contribution in [0.1, 0.15) is 32.6 Å². The molecule has 0 radical (unpaired) electrons. The summed E-state index contributed by atoms with van der Waals surface area (Å²) in [6.07, 6.45) is 3.35. The second-order valence-electron chi connectivity index (χ2n) is 7.44. The van der Waals surface area contributed by atoms with Crippen LogP contribution in [0.5, 0.6) is 0 Å². The average molecular weight is 441 g/mol. The summed E-state index contributed by atoms with van der Waals surface area (Å²) < 4.78 is 68.3. The molecule has 4 nitrogen and oxygen atoms in total. The van der Waals surface area contributed by atoms with E-state index >= 15 is 0 Å². The van der Waals surface area contributed by atoms with Crippen molar-refractivity contribution in [1.82, 2.24) is 0 Å². The number of halogens is 5. The summed E-state index contributed by atoms with van der Waals surface area (Å²) in [4.78, 5) is 15.0. The maximum atomic E-state index is 14.0. The Morgan fingerprint density at radius 1 is 0.806 bits per heavy atom. The lowest BCUT2D eigenvalue weighted by molar-refractivity contribution is -0.116. The third-order valence-electron chi connectivity index (χ3n) is 5.31. The van der Waals surface area contributed by atoms with Crippen molar-refractivity contribution in [3.8, 4) is 0 Å². The van der Waals surface area contributed by atoms with E-state index < -0.39 is 34.8 Å². The zero-order valence-electron chi connectivity index (χ0n) is 17.2. The molecule has 2 aromatic carbocycles. The second kappa shape index (κ2) is 9.98. The number of hydrogen-bond donors (Lipinski definition) is 1. The molecule has 0 aliphatic carbocycles. The molecule has 1 aliphatic rings. The minimum atomic E-state index is -2.16. The summed E-state index contributed by atoms with van der Waals surface area (Å²) in [6, 6.07) is 7.17. The largest absolute Gasteiger partial charge is 0.368 e. The van der Waals surface area contributed by atoms with Crippen molar-refractivity contribution in [2.24, 2.45) is 0 Å². The van der Waals surface area contributed by atoms with Gasteiger partial charge in [-0.3, -0.25) is 4.79 Å². The number of hydrogen-bond acceptors (Lipinski definition) is 3. The van der Waals surface area contributed by atoms with Crippen molar-refractivity contribution in [3.63, 3.8) is 0 Å². The summed E-state index contributed by atoms with van der Waals surface area (Å²) in [7, 11) is 0. The van der Waals surface area contributed by atoms with Gasteiger partial charge in [-0.05, 0) is 30.7 Å². The summed E-state index contributed by atoms with van der Waals surface area (Å²) in [6.45, 7) is 2.92. The van der Waals surface area contributed by atoms with Gasteiger partial charge in [-0.15, -0.1) is 0 Å². The smallest absolute Gasteiger partial charge is 0.224 e. The molecule has 3 rings (SSSR count). The number of benzene rings is 2. The van der Waals surface area contributed by atoms with Crippen LogP contribution in [-0.2, 0) is 4.79 Å². The zero-order valence-corrected chi connectivity index (χ0v) is 17.2. The van der Waals surface area contributed by atoms with E-state index in [2.05, 4.69) is 12.2 Å². The van der Waals surface area contributed by atoms with E-state index in [0.717, 1.165) is 29.8 Å². The maximum absolute atomic E-state index is 14.0. The van der Waals surface area contributed by atoms with Crippen LogP contribution in [0.4, 0.5) is 39.0 Å². The normalized spacial score (nSPS) is 14.1. The Morgan fingerprint density at radius 3 is 1.87 bits per heavy atom. The lowest BCUT2D eigenvalue weighted by atomic mass is 10.1. The fourth-order valence-corrected chi connectivity index (χ4v) is 3.57. The van der Waals surface area contributed by atoms with Crippen LogP contribution in [0.2, 0.25) is 0 Å².